The molecule has 1 aromatic rings. The molecule has 7 atom stereocenters. The molecule has 2 heterocycles. The molecule has 8 nitrogen and oxygen atoms in total. The summed E-state index contributed by atoms with van der Waals surface area (Å²) in [6.45, 7) is 5.74. The number of cyclic esters (lactones) is 1. The lowest BCUT2D eigenvalue weighted by Crippen LogP contribution is -2.64. The average molecular weight is 461 g/mol. The third-order valence-electron chi connectivity index (χ3n) is 8.23. The molecular weight excluding hydrogens is 428 g/mol. The minimum absolute atomic E-state index is 0.102. The smallest absolute Gasteiger partial charge is 0.310 e. The van der Waals surface area contributed by atoms with Crippen molar-refractivity contribution in [1.82, 2.24) is 0 Å². The summed E-state index contributed by atoms with van der Waals surface area (Å²) >= 11 is 0. The summed E-state index contributed by atoms with van der Waals surface area (Å²) in [7, 11) is 1.33. The quantitative estimate of drug-likeness (QED) is 0.482. The van der Waals surface area contributed by atoms with Crippen LogP contribution in [-0.2, 0) is 33.4 Å². The number of esters is 3. The molecule has 1 aromatic heterocycles. The van der Waals surface area contributed by atoms with E-state index in [1.807, 2.05) is 20.8 Å². The monoisotopic (exact) mass is 460 g/mol. The van der Waals surface area contributed by atoms with Crippen molar-refractivity contribution in [3.8, 4) is 0 Å². The number of hydrogen-bond donors (Lipinski definition) is 0. The van der Waals surface area contributed by atoms with Crippen LogP contribution in [0.3, 0.4) is 0 Å². The van der Waals surface area contributed by atoms with Gasteiger partial charge in [0, 0.05) is 24.3 Å². The van der Waals surface area contributed by atoms with Crippen LogP contribution in [0, 0.1) is 28.6 Å². The Morgan fingerprint density at radius 3 is 2.61 bits per heavy atom. The van der Waals surface area contributed by atoms with E-state index in [1.54, 1.807) is 12.3 Å². The maximum atomic E-state index is 13.9. The van der Waals surface area contributed by atoms with Crippen LogP contribution in [-0.4, -0.2) is 36.9 Å². The number of hydrogen-bond acceptors (Lipinski definition) is 8. The Morgan fingerprint density at radius 1 is 1.21 bits per heavy atom. The van der Waals surface area contributed by atoms with E-state index in [9.17, 15) is 19.2 Å². The summed E-state index contributed by atoms with van der Waals surface area (Å²) in [5, 5.41) is 0. The van der Waals surface area contributed by atoms with Crippen molar-refractivity contribution in [3.63, 3.8) is 0 Å². The van der Waals surface area contributed by atoms with Crippen LogP contribution in [0.1, 0.15) is 71.0 Å². The predicted octanol–water partition coefficient (Wildman–Crippen LogP) is 3.78. The van der Waals surface area contributed by atoms with E-state index in [0.717, 1.165) is 5.56 Å². The molecule has 0 bridgehead atoms. The Balaban J connectivity index is 1.76. The van der Waals surface area contributed by atoms with E-state index in [-0.39, 0.29) is 24.6 Å². The standard InChI is InChI=1S/C25H32O8/c1-5-6-19(26)32-17-11-16(22(28)30-4)24(2)9-7-15-23(29)33-18(14-8-10-31-13-14)12-25(15,3)21(24)20(17)27/h8,10,13,15-18,21H,5-7,9,11-12H2,1-4H3/t15-,16-,17+,18-,21-,24-,25-/m0/s1. The molecule has 2 saturated carbocycles. The molecule has 0 aromatic carbocycles. The van der Waals surface area contributed by atoms with Gasteiger partial charge >= 0.3 is 17.9 Å². The molecule has 33 heavy (non-hydrogen) atoms. The Bertz CT molecular complexity index is 936. The third kappa shape index (κ3) is 3.77. The molecule has 0 amide bonds. The van der Waals surface area contributed by atoms with Gasteiger partial charge in [0.2, 0.25) is 0 Å². The molecule has 1 saturated heterocycles. The average Bonchev–Trinajstić information content (AvgIpc) is 3.29. The number of rotatable bonds is 5. The van der Waals surface area contributed by atoms with Gasteiger partial charge in [0.05, 0.1) is 31.5 Å². The van der Waals surface area contributed by atoms with Gasteiger partial charge in [-0.25, -0.2) is 0 Å². The Labute approximate surface area is 193 Å². The fraction of sp³-hybridized carbons (Fsp3) is 0.680. The van der Waals surface area contributed by atoms with Crippen LogP contribution in [0.5, 0.6) is 0 Å². The Hall–Kier alpha value is -2.64. The largest absolute Gasteiger partial charge is 0.472 e. The number of furan rings is 1. The minimum atomic E-state index is -1.04. The minimum Gasteiger partial charge on any atom is -0.472 e. The zero-order chi connectivity index (χ0) is 24.0. The van der Waals surface area contributed by atoms with E-state index >= 15 is 0 Å². The van der Waals surface area contributed by atoms with Crippen molar-refractivity contribution in [1.29, 1.82) is 0 Å². The third-order valence-corrected chi connectivity index (χ3v) is 8.23. The van der Waals surface area contributed by atoms with E-state index in [2.05, 4.69) is 0 Å². The van der Waals surface area contributed by atoms with Crippen LogP contribution in [0.4, 0.5) is 0 Å². The van der Waals surface area contributed by atoms with E-state index < -0.39 is 52.7 Å². The highest BCUT2D eigenvalue weighted by Crippen LogP contribution is 2.65. The summed E-state index contributed by atoms with van der Waals surface area (Å²) in [5.74, 6) is -3.19. The number of Topliss-reactive ketones (excluding diaryl/α,β-unsaturated/α-hetero) is 1. The molecule has 8 heteroatoms. The van der Waals surface area contributed by atoms with Crippen molar-refractivity contribution in [3.05, 3.63) is 24.2 Å². The molecule has 0 N–H and O–H groups in total. The summed E-state index contributed by atoms with van der Waals surface area (Å²) in [6, 6.07) is 1.75. The first-order valence-electron chi connectivity index (χ1n) is 11.7. The molecular formula is C25H32O8. The molecule has 0 radical (unpaired) electrons. The van der Waals surface area contributed by atoms with Crippen molar-refractivity contribution >= 4 is 23.7 Å². The summed E-state index contributed by atoms with van der Waals surface area (Å²) < 4.78 is 21.6. The zero-order valence-electron chi connectivity index (χ0n) is 19.6. The van der Waals surface area contributed by atoms with Crippen molar-refractivity contribution < 1.29 is 37.8 Å². The van der Waals surface area contributed by atoms with Crippen LogP contribution in [0.2, 0.25) is 0 Å². The number of ether oxygens (including phenoxy) is 3. The van der Waals surface area contributed by atoms with E-state index in [1.165, 1.54) is 13.4 Å². The molecule has 1 aliphatic heterocycles. The molecule has 2 aliphatic carbocycles. The van der Waals surface area contributed by atoms with E-state index in [4.69, 9.17) is 18.6 Å². The summed E-state index contributed by atoms with van der Waals surface area (Å²) in [4.78, 5) is 52.2. The van der Waals surface area contributed by atoms with Gasteiger partial charge in [-0.05, 0) is 42.6 Å². The lowest BCUT2D eigenvalue weighted by molar-refractivity contribution is -0.210. The highest BCUT2D eigenvalue weighted by atomic mass is 16.6. The summed E-state index contributed by atoms with van der Waals surface area (Å²) in [5.41, 5.74) is -0.764. The Kier molecular flexibility index (Phi) is 6.14. The van der Waals surface area contributed by atoms with E-state index in [0.29, 0.717) is 25.7 Å². The first-order valence-corrected chi connectivity index (χ1v) is 11.7. The van der Waals surface area contributed by atoms with Crippen LogP contribution in [0.25, 0.3) is 0 Å². The van der Waals surface area contributed by atoms with Gasteiger partial charge in [0.25, 0.3) is 0 Å². The van der Waals surface area contributed by atoms with Crippen LogP contribution >= 0.6 is 0 Å². The second-order valence-electron chi connectivity index (χ2n) is 10.2. The normalized spacial score (nSPS) is 38.0. The lowest BCUT2D eigenvalue weighted by Gasteiger charge is -2.61. The molecule has 3 fully saturated rings. The first kappa shape index (κ1) is 23.5. The number of carbonyl (C=O) groups excluding carboxylic acids is 4. The SMILES string of the molecule is CCCC(=O)O[C@@H]1C[C@@H](C(=O)OC)[C@]2(C)CC[C@H]3C(=O)O[C@H](c4ccoc4)C[C@]3(C)[C@H]2C1=O. The van der Waals surface area contributed by atoms with Gasteiger partial charge < -0.3 is 18.6 Å². The zero-order valence-corrected chi connectivity index (χ0v) is 19.6. The van der Waals surface area contributed by atoms with Gasteiger partial charge in [-0.2, -0.15) is 0 Å². The first-order chi connectivity index (χ1) is 15.7. The van der Waals surface area contributed by atoms with Crippen molar-refractivity contribution in [2.45, 2.75) is 71.5 Å². The number of fused-ring (bicyclic) bond motifs is 3. The second kappa shape index (κ2) is 8.61. The number of methoxy groups -OCH3 is 1. The number of carbonyl (C=O) groups is 4. The summed E-state index contributed by atoms with van der Waals surface area (Å²) in [6.07, 6.45) is 3.81. The second-order valence-corrected chi connectivity index (χ2v) is 10.2. The fourth-order valence-corrected chi connectivity index (χ4v) is 6.68. The number of ketones is 1. The maximum Gasteiger partial charge on any atom is 0.310 e. The maximum absolute atomic E-state index is 13.9. The van der Waals surface area contributed by atoms with Gasteiger partial charge in [-0.15, -0.1) is 0 Å². The van der Waals surface area contributed by atoms with Crippen LogP contribution < -0.4 is 0 Å². The molecule has 180 valence electrons. The van der Waals surface area contributed by atoms with Gasteiger partial charge in [-0.1, -0.05) is 20.8 Å². The fourth-order valence-electron chi connectivity index (χ4n) is 6.68. The predicted molar refractivity (Wildman–Crippen MR) is 115 cm³/mol. The lowest BCUT2D eigenvalue weighted by atomic mass is 9.43. The molecule has 4 rings (SSSR count). The van der Waals surface area contributed by atoms with Gasteiger partial charge in [0.15, 0.2) is 11.9 Å². The van der Waals surface area contributed by atoms with Gasteiger partial charge in [0.1, 0.15) is 6.10 Å². The molecule has 0 spiro atoms. The van der Waals surface area contributed by atoms with Gasteiger partial charge in [-0.3, -0.25) is 19.2 Å². The van der Waals surface area contributed by atoms with Crippen molar-refractivity contribution in [2.24, 2.45) is 28.6 Å². The molecule has 0 unspecified atom stereocenters. The van der Waals surface area contributed by atoms with Crippen LogP contribution in [0.15, 0.2) is 23.0 Å². The Morgan fingerprint density at radius 2 is 1.97 bits per heavy atom. The molecule has 3 aliphatic rings. The highest BCUT2D eigenvalue weighted by Gasteiger charge is 2.67. The topological polar surface area (TPSA) is 109 Å². The van der Waals surface area contributed by atoms with Crippen molar-refractivity contribution in [2.75, 3.05) is 7.11 Å². The highest BCUT2D eigenvalue weighted by molar-refractivity contribution is 5.93.